The summed E-state index contributed by atoms with van der Waals surface area (Å²) in [5.74, 6) is 2.57. The normalized spacial score (nSPS) is 46.8. The molecule has 4 aliphatic carbocycles. The minimum Gasteiger partial charge on any atom is -0.469 e. The number of aliphatic hydroxyl groups excluding tert-OH is 1. The van der Waals surface area contributed by atoms with Gasteiger partial charge in [0, 0.05) is 12.3 Å². The second kappa shape index (κ2) is 8.32. The number of esters is 1. The SMILES string of the molecule is C/C=C1/C(=O)[C@@H]2[C@H](CC[C@]3(C)[C@@H](C(C)CCC(=O)OC)CC[C@@H]23)[C@@]2(C)CC[C@@H](O)C[C@@H]12. The number of fused-ring (bicyclic) bond motifs is 5. The Labute approximate surface area is 188 Å². The van der Waals surface area contributed by atoms with Crippen LogP contribution in [-0.4, -0.2) is 30.1 Å². The number of carbonyl (C=O) groups is 2. The number of methoxy groups -OCH3 is 1. The molecule has 0 aromatic carbocycles. The second-order valence-corrected chi connectivity index (χ2v) is 11.7. The Morgan fingerprint density at radius 3 is 2.52 bits per heavy atom. The molecule has 4 saturated carbocycles. The number of ketones is 1. The van der Waals surface area contributed by atoms with E-state index in [1.807, 2.05) is 6.92 Å². The minimum absolute atomic E-state index is 0.117. The van der Waals surface area contributed by atoms with Crippen molar-refractivity contribution in [2.45, 2.75) is 91.6 Å². The van der Waals surface area contributed by atoms with Gasteiger partial charge in [-0.15, -0.1) is 0 Å². The Bertz CT molecular complexity index is 756. The van der Waals surface area contributed by atoms with Gasteiger partial charge in [0.1, 0.15) is 0 Å². The van der Waals surface area contributed by atoms with Crippen LogP contribution in [0.4, 0.5) is 0 Å². The number of rotatable bonds is 4. The van der Waals surface area contributed by atoms with Gasteiger partial charge in [0.15, 0.2) is 5.78 Å². The van der Waals surface area contributed by atoms with Gasteiger partial charge in [0.05, 0.1) is 13.2 Å². The van der Waals surface area contributed by atoms with Crippen molar-refractivity contribution in [3.05, 3.63) is 11.6 Å². The second-order valence-electron chi connectivity index (χ2n) is 11.7. The number of carbonyl (C=O) groups excluding carboxylic acids is 2. The molecule has 0 radical (unpaired) electrons. The summed E-state index contributed by atoms with van der Waals surface area (Å²) in [6.07, 6.45) is 10.4. The third kappa shape index (κ3) is 3.52. The highest BCUT2D eigenvalue weighted by atomic mass is 16.5. The highest BCUT2D eigenvalue weighted by molar-refractivity contribution is 5.99. The zero-order valence-corrected chi connectivity index (χ0v) is 20.2. The Balaban J connectivity index is 1.61. The third-order valence-corrected chi connectivity index (χ3v) is 10.5. The highest BCUT2D eigenvalue weighted by Crippen LogP contribution is 2.68. The zero-order valence-electron chi connectivity index (χ0n) is 20.2. The van der Waals surface area contributed by atoms with Gasteiger partial charge in [-0.05, 0) is 104 Å². The standard InChI is InChI=1S/C27H42O4/c1-6-18-22-15-17(28)11-13-27(22,4)21-12-14-26(3)19(16(2)7-10-23(29)31-5)8-9-20(26)24(21)25(18)30/h6,16-17,19-22,24,28H,7-15H2,1-5H3/b18-6+/t16?,17-,19-,20+,21+,22+,24+,26-,27-/m1/s1. The van der Waals surface area contributed by atoms with E-state index in [-0.39, 0.29) is 34.7 Å². The summed E-state index contributed by atoms with van der Waals surface area (Å²) < 4.78 is 4.87. The fourth-order valence-corrected chi connectivity index (χ4v) is 8.81. The van der Waals surface area contributed by atoms with Crippen LogP contribution in [0.5, 0.6) is 0 Å². The van der Waals surface area contributed by atoms with Gasteiger partial charge < -0.3 is 9.84 Å². The van der Waals surface area contributed by atoms with Gasteiger partial charge in [0.2, 0.25) is 0 Å². The average molecular weight is 431 g/mol. The van der Waals surface area contributed by atoms with Crippen LogP contribution in [0.3, 0.4) is 0 Å². The summed E-state index contributed by atoms with van der Waals surface area (Å²) in [7, 11) is 1.47. The maximum Gasteiger partial charge on any atom is 0.305 e. The van der Waals surface area contributed by atoms with E-state index in [1.54, 1.807) is 0 Å². The summed E-state index contributed by atoms with van der Waals surface area (Å²) in [5, 5.41) is 10.4. The number of Topliss-reactive ketones (excluding diaryl/α,β-unsaturated/α-hetero) is 1. The van der Waals surface area contributed by atoms with Gasteiger partial charge >= 0.3 is 5.97 Å². The lowest BCUT2D eigenvalue weighted by Crippen LogP contribution is -2.58. The first-order valence-corrected chi connectivity index (χ1v) is 12.6. The Hall–Kier alpha value is -1.16. The van der Waals surface area contributed by atoms with Crippen LogP contribution < -0.4 is 0 Å². The molecule has 31 heavy (non-hydrogen) atoms. The van der Waals surface area contributed by atoms with E-state index in [0.717, 1.165) is 44.1 Å². The molecule has 9 atom stereocenters. The number of hydrogen-bond donors (Lipinski definition) is 1. The van der Waals surface area contributed by atoms with Gasteiger partial charge in [-0.1, -0.05) is 26.8 Å². The molecular weight excluding hydrogens is 388 g/mol. The average Bonchev–Trinajstić information content (AvgIpc) is 3.10. The summed E-state index contributed by atoms with van der Waals surface area (Å²) in [5.41, 5.74) is 1.33. The van der Waals surface area contributed by atoms with Crippen LogP contribution in [0.1, 0.15) is 85.5 Å². The van der Waals surface area contributed by atoms with Crippen molar-refractivity contribution in [1.29, 1.82) is 0 Å². The maximum atomic E-state index is 13.9. The Morgan fingerprint density at radius 1 is 1.16 bits per heavy atom. The number of allylic oxidation sites excluding steroid dienone is 2. The largest absolute Gasteiger partial charge is 0.469 e. The van der Waals surface area contributed by atoms with Crippen LogP contribution in [0.2, 0.25) is 0 Å². The van der Waals surface area contributed by atoms with E-state index in [0.29, 0.717) is 35.9 Å². The van der Waals surface area contributed by atoms with Gasteiger partial charge in [-0.2, -0.15) is 0 Å². The fraction of sp³-hybridized carbons (Fsp3) is 0.852. The fourth-order valence-electron chi connectivity index (χ4n) is 8.81. The van der Waals surface area contributed by atoms with Crippen molar-refractivity contribution in [3.63, 3.8) is 0 Å². The quantitative estimate of drug-likeness (QED) is 0.484. The molecule has 0 bridgehead atoms. The predicted molar refractivity (Wildman–Crippen MR) is 121 cm³/mol. The molecule has 4 nitrogen and oxygen atoms in total. The van der Waals surface area contributed by atoms with Crippen LogP contribution in [-0.2, 0) is 14.3 Å². The molecule has 4 heteroatoms. The topological polar surface area (TPSA) is 63.6 Å². The number of hydrogen-bond acceptors (Lipinski definition) is 4. The van der Waals surface area contributed by atoms with Crippen molar-refractivity contribution < 1.29 is 19.4 Å². The van der Waals surface area contributed by atoms with Crippen LogP contribution >= 0.6 is 0 Å². The van der Waals surface area contributed by atoms with Crippen molar-refractivity contribution in [1.82, 2.24) is 0 Å². The lowest BCUT2D eigenvalue weighted by atomic mass is 9.43. The molecule has 0 saturated heterocycles. The highest BCUT2D eigenvalue weighted by Gasteiger charge is 2.64. The molecular formula is C27H42O4. The van der Waals surface area contributed by atoms with Crippen molar-refractivity contribution >= 4 is 11.8 Å². The van der Waals surface area contributed by atoms with E-state index in [1.165, 1.54) is 20.0 Å². The van der Waals surface area contributed by atoms with Crippen LogP contribution in [0.25, 0.3) is 0 Å². The molecule has 0 aromatic rings. The molecule has 0 heterocycles. The van der Waals surface area contributed by atoms with Gasteiger partial charge in [-0.25, -0.2) is 0 Å². The molecule has 0 spiro atoms. The van der Waals surface area contributed by atoms with Gasteiger partial charge in [-0.3, -0.25) is 9.59 Å². The Kier molecular flexibility index (Phi) is 6.17. The maximum absolute atomic E-state index is 13.9. The smallest absolute Gasteiger partial charge is 0.305 e. The van der Waals surface area contributed by atoms with E-state index in [4.69, 9.17) is 4.74 Å². The molecule has 4 aliphatic rings. The molecule has 4 rings (SSSR count). The first-order chi connectivity index (χ1) is 14.7. The lowest BCUT2D eigenvalue weighted by molar-refractivity contribution is -0.150. The summed E-state index contributed by atoms with van der Waals surface area (Å²) in [4.78, 5) is 25.6. The summed E-state index contributed by atoms with van der Waals surface area (Å²) >= 11 is 0. The van der Waals surface area contributed by atoms with Gasteiger partial charge in [0.25, 0.3) is 0 Å². The third-order valence-electron chi connectivity index (χ3n) is 10.5. The molecule has 0 amide bonds. The monoisotopic (exact) mass is 430 g/mol. The molecule has 174 valence electrons. The molecule has 1 unspecified atom stereocenters. The van der Waals surface area contributed by atoms with Crippen molar-refractivity contribution in [3.8, 4) is 0 Å². The van der Waals surface area contributed by atoms with Crippen molar-refractivity contribution in [2.24, 2.45) is 46.3 Å². The minimum atomic E-state index is -0.266. The number of ether oxygens (including phenoxy) is 1. The van der Waals surface area contributed by atoms with E-state index in [9.17, 15) is 14.7 Å². The zero-order chi connectivity index (χ0) is 22.6. The lowest BCUT2D eigenvalue weighted by Gasteiger charge is -2.61. The number of aliphatic hydroxyl groups is 1. The van der Waals surface area contributed by atoms with Crippen LogP contribution in [0.15, 0.2) is 11.6 Å². The van der Waals surface area contributed by atoms with E-state index >= 15 is 0 Å². The molecule has 0 aliphatic heterocycles. The first kappa shape index (κ1) is 23.0. The predicted octanol–water partition coefficient (Wildman–Crippen LogP) is 5.33. The molecule has 0 aromatic heterocycles. The van der Waals surface area contributed by atoms with E-state index in [2.05, 4.69) is 26.8 Å². The summed E-state index contributed by atoms with van der Waals surface area (Å²) in [6, 6.07) is 0. The molecule has 1 N–H and O–H groups in total. The first-order valence-electron chi connectivity index (χ1n) is 12.6. The molecule has 4 fully saturated rings. The van der Waals surface area contributed by atoms with Crippen LogP contribution in [0, 0.1) is 46.3 Å². The van der Waals surface area contributed by atoms with E-state index < -0.39 is 0 Å². The van der Waals surface area contributed by atoms with Crippen molar-refractivity contribution in [2.75, 3.05) is 7.11 Å². The Morgan fingerprint density at radius 2 is 1.84 bits per heavy atom. The summed E-state index contributed by atoms with van der Waals surface area (Å²) in [6.45, 7) is 9.18.